The maximum atomic E-state index is 13.2. The van der Waals surface area contributed by atoms with Crippen LogP contribution in [0.15, 0.2) is 66.7 Å². The zero-order chi connectivity index (χ0) is 20.1. The minimum atomic E-state index is -0.319. The molecule has 6 heteroatoms. The molecule has 0 N–H and O–H groups in total. The summed E-state index contributed by atoms with van der Waals surface area (Å²) in [5.41, 5.74) is 2.14. The van der Waals surface area contributed by atoms with E-state index in [-0.39, 0.29) is 11.7 Å². The van der Waals surface area contributed by atoms with Crippen molar-refractivity contribution in [3.8, 4) is 0 Å². The van der Waals surface area contributed by atoms with E-state index < -0.39 is 0 Å². The van der Waals surface area contributed by atoms with Crippen LogP contribution >= 0.6 is 34.8 Å². The van der Waals surface area contributed by atoms with Crippen LogP contribution in [0.3, 0.4) is 0 Å². The normalized spacial score (nSPS) is 10.7. The number of rotatable bonds is 6. The molecule has 0 heterocycles. The van der Waals surface area contributed by atoms with Gasteiger partial charge in [0.25, 0.3) is 5.91 Å². The Morgan fingerprint density at radius 2 is 1.61 bits per heavy atom. The van der Waals surface area contributed by atoms with Crippen LogP contribution < -0.4 is 0 Å². The summed E-state index contributed by atoms with van der Waals surface area (Å²) < 4.78 is 13.2. The van der Waals surface area contributed by atoms with Gasteiger partial charge in [-0.2, -0.15) is 0 Å². The van der Waals surface area contributed by atoms with Crippen molar-refractivity contribution in [1.82, 2.24) is 4.90 Å². The molecular weight excluding hydrogens is 420 g/mol. The summed E-state index contributed by atoms with van der Waals surface area (Å²) >= 11 is 18.4. The van der Waals surface area contributed by atoms with Crippen molar-refractivity contribution in [2.45, 2.75) is 13.0 Å². The number of halogens is 4. The van der Waals surface area contributed by atoms with Gasteiger partial charge in [-0.1, -0.05) is 65.1 Å². The molecule has 0 aliphatic heterocycles. The van der Waals surface area contributed by atoms with Gasteiger partial charge in [0.1, 0.15) is 5.82 Å². The van der Waals surface area contributed by atoms with Crippen LogP contribution in [0.2, 0.25) is 15.1 Å². The molecule has 0 unspecified atom stereocenters. The highest BCUT2D eigenvalue weighted by Gasteiger charge is 2.19. The Balaban J connectivity index is 1.84. The van der Waals surface area contributed by atoms with E-state index in [2.05, 4.69) is 0 Å². The van der Waals surface area contributed by atoms with Crippen LogP contribution in [0, 0.1) is 5.82 Å². The molecule has 0 fully saturated rings. The summed E-state index contributed by atoms with van der Waals surface area (Å²) in [4.78, 5) is 14.8. The van der Waals surface area contributed by atoms with Crippen molar-refractivity contribution < 1.29 is 9.18 Å². The molecule has 0 radical (unpaired) electrons. The molecule has 0 saturated carbocycles. The average molecular weight is 437 g/mol. The number of carbonyl (C=O) groups excluding carboxylic acids is 1. The lowest BCUT2D eigenvalue weighted by atomic mass is 10.1. The summed E-state index contributed by atoms with van der Waals surface area (Å²) in [6.07, 6.45) is 0.549. The molecule has 0 aliphatic carbocycles. The summed E-state index contributed by atoms with van der Waals surface area (Å²) in [5, 5.41) is 1.50. The highest BCUT2D eigenvalue weighted by atomic mass is 35.5. The molecule has 2 nitrogen and oxygen atoms in total. The van der Waals surface area contributed by atoms with E-state index in [0.29, 0.717) is 40.1 Å². The van der Waals surface area contributed by atoms with E-state index in [1.54, 1.807) is 53.4 Å². The number of amides is 1. The highest BCUT2D eigenvalue weighted by Crippen LogP contribution is 2.23. The van der Waals surface area contributed by atoms with E-state index >= 15 is 0 Å². The molecule has 0 atom stereocenters. The van der Waals surface area contributed by atoms with Crippen LogP contribution in [0.5, 0.6) is 0 Å². The van der Waals surface area contributed by atoms with Gasteiger partial charge < -0.3 is 4.90 Å². The average Bonchev–Trinajstić information content (AvgIpc) is 2.67. The maximum Gasteiger partial charge on any atom is 0.255 e. The Morgan fingerprint density at radius 1 is 0.893 bits per heavy atom. The third-order valence-corrected chi connectivity index (χ3v) is 5.26. The van der Waals surface area contributed by atoms with Gasteiger partial charge >= 0.3 is 0 Å². The van der Waals surface area contributed by atoms with Gasteiger partial charge in [0.15, 0.2) is 0 Å². The van der Waals surface area contributed by atoms with Gasteiger partial charge in [0, 0.05) is 23.1 Å². The number of nitrogens with zero attached hydrogens (tertiary/aromatic N) is 1. The molecule has 144 valence electrons. The lowest BCUT2D eigenvalue weighted by Crippen LogP contribution is -2.32. The third-order valence-electron chi connectivity index (χ3n) is 4.34. The Kier molecular flexibility index (Phi) is 6.95. The molecule has 28 heavy (non-hydrogen) atoms. The van der Waals surface area contributed by atoms with Crippen molar-refractivity contribution >= 4 is 40.7 Å². The molecule has 0 aliphatic rings. The van der Waals surface area contributed by atoms with Gasteiger partial charge in [-0.25, -0.2) is 4.39 Å². The van der Waals surface area contributed by atoms with Crippen molar-refractivity contribution in [2.75, 3.05) is 6.54 Å². The second-order valence-electron chi connectivity index (χ2n) is 6.32. The summed E-state index contributed by atoms with van der Waals surface area (Å²) in [5.74, 6) is -0.513. The summed E-state index contributed by atoms with van der Waals surface area (Å²) in [6, 6.07) is 18.3. The second-order valence-corrected chi connectivity index (χ2v) is 7.57. The van der Waals surface area contributed by atoms with E-state index in [0.717, 1.165) is 11.1 Å². The number of hydrogen-bond donors (Lipinski definition) is 0. The fraction of sp³-hybridized carbons (Fsp3) is 0.136. The fourth-order valence-electron chi connectivity index (χ4n) is 2.85. The first-order chi connectivity index (χ1) is 13.4. The number of hydrogen-bond acceptors (Lipinski definition) is 1. The lowest BCUT2D eigenvalue weighted by Gasteiger charge is -2.24. The van der Waals surface area contributed by atoms with Crippen LogP contribution in [-0.4, -0.2) is 17.4 Å². The molecule has 0 aromatic heterocycles. The first-order valence-electron chi connectivity index (χ1n) is 8.66. The first kappa shape index (κ1) is 20.7. The van der Waals surface area contributed by atoms with Gasteiger partial charge in [-0.15, -0.1) is 0 Å². The molecule has 0 spiro atoms. The monoisotopic (exact) mass is 435 g/mol. The molecular formula is C22H17Cl3FNO. The predicted octanol–water partition coefficient (Wildman–Crippen LogP) is 6.67. The molecule has 0 saturated heterocycles. The maximum absolute atomic E-state index is 13.2. The molecule has 3 aromatic carbocycles. The minimum Gasteiger partial charge on any atom is -0.334 e. The fourth-order valence-corrected chi connectivity index (χ4v) is 3.57. The Hall–Kier alpha value is -2.07. The van der Waals surface area contributed by atoms with Crippen LogP contribution in [0.25, 0.3) is 0 Å². The van der Waals surface area contributed by atoms with Crippen LogP contribution in [0.4, 0.5) is 4.39 Å². The number of carbonyl (C=O) groups is 1. The Bertz CT molecular complexity index is 976. The van der Waals surface area contributed by atoms with E-state index in [9.17, 15) is 9.18 Å². The molecule has 3 aromatic rings. The van der Waals surface area contributed by atoms with Crippen molar-refractivity contribution in [1.29, 1.82) is 0 Å². The van der Waals surface area contributed by atoms with Crippen molar-refractivity contribution in [3.63, 3.8) is 0 Å². The van der Waals surface area contributed by atoms with Crippen molar-refractivity contribution in [3.05, 3.63) is 104 Å². The van der Waals surface area contributed by atoms with Crippen LogP contribution in [-0.2, 0) is 13.0 Å². The Morgan fingerprint density at radius 3 is 2.29 bits per heavy atom. The largest absolute Gasteiger partial charge is 0.334 e. The van der Waals surface area contributed by atoms with Crippen molar-refractivity contribution in [2.24, 2.45) is 0 Å². The first-order valence-corrected chi connectivity index (χ1v) is 9.79. The molecule has 0 bridgehead atoms. The second kappa shape index (κ2) is 9.42. The highest BCUT2D eigenvalue weighted by molar-refractivity contribution is 6.35. The minimum absolute atomic E-state index is 0.194. The molecule has 3 rings (SSSR count). The number of benzene rings is 3. The van der Waals surface area contributed by atoms with E-state index in [1.165, 1.54) is 12.1 Å². The predicted molar refractivity (Wildman–Crippen MR) is 113 cm³/mol. The van der Waals surface area contributed by atoms with Gasteiger partial charge in [-0.05, 0) is 53.9 Å². The summed E-state index contributed by atoms with van der Waals surface area (Å²) in [6.45, 7) is 0.748. The standard InChI is InChI=1S/C22H17Cl3FNO/c23-17-8-7-16(21(25)13-17)11-12-27(14-15-5-9-18(26)10-6-15)22(28)19-3-1-2-4-20(19)24/h1-10,13H,11-12,14H2. The van der Waals surface area contributed by atoms with E-state index in [1.807, 2.05) is 6.07 Å². The lowest BCUT2D eigenvalue weighted by molar-refractivity contribution is 0.0745. The SMILES string of the molecule is O=C(c1ccccc1Cl)N(CCc1ccc(Cl)cc1Cl)Cc1ccc(F)cc1. The molecule has 1 amide bonds. The van der Waals surface area contributed by atoms with Crippen LogP contribution in [0.1, 0.15) is 21.5 Å². The van der Waals surface area contributed by atoms with E-state index in [4.69, 9.17) is 34.8 Å². The topological polar surface area (TPSA) is 20.3 Å². The smallest absolute Gasteiger partial charge is 0.255 e. The zero-order valence-electron chi connectivity index (χ0n) is 14.8. The van der Waals surface area contributed by atoms with Gasteiger partial charge in [0.05, 0.1) is 10.6 Å². The quantitative estimate of drug-likeness (QED) is 0.422. The zero-order valence-corrected chi connectivity index (χ0v) is 17.1. The van der Waals surface area contributed by atoms with Gasteiger partial charge in [-0.3, -0.25) is 4.79 Å². The Labute approximate surface area is 178 Å². The van der Waals surface area contributed by atoms with Gasteiger partial charge in [0.2, 0.25) is 0 Å². The third kappa shape index (κ3) is 5.26. The summed E-state index contributed by atoms with van der Waals surface area (Å²) in [7, 11) is 0.